The predicted molar refractivity (Wildman–Crippen MR) is 92.1 cm³/mol. The summed E-state index contributed by atoms with van der Waals surface area (Å²) in [6, 6.07) is 6.49. The van der Waals surface area contributed by atoms with E-state index in [-0.39, 0.29) is 0 Å². The highest BCUT2D eigenvalue weighted by Crippen LogP contribution is 2.54. The molecule has 4 heteroatoms. The van der Waals surface area contributed by atoms with Gasteiger partial charge in [0, 0.05) is 22.5 Å². The Kier molecular flexibility index (Phi) is 4.82. The van der Waals surface area contributed by atoms with Gasteiger partial charge >= 0.3 is 0 Å². The van der Waals surface area contributed by atoms with Crippen LogP contribution in [0.3, 0.4) is 0 Å². The second-order valence-electron chi connectivity index (χ2n) is 6.29. The molecule has 0 saturated heterocycles. The first-order valence-corrected chi connectivity index (χ1v) is 9.16. The van der Waals surface area contributed by atoms with Crippen LogP contribution in [-0.2, 0) is 4.74 Å². The van der Waals surface area contributed by atoms with Crippen LogP contribution in [0.25, 0.3) is 0 Å². The zero-order valence-electron chi connectivity index (χ0n) is 12.5. The van der Waals surface area contributed by atoms with E-state index in [0.717, 1.165) is 28.2 Å². The molecule has 2 aliphatic rings. The topological polar surface area (TPSA) is 21.3 Å². The number of anilines is 1. The van der Waals surface area contributed by atoms with E-state index in [1.54, 1.807) is 0 Å². The molecule has 0 bridgehead atoms. The minimum absolute atomic E-state index is 0.319. The standard InChI is InChI=1S/C17H23BrClNO/c1-2-21-16-11-15(17(16)8-4-3-5-9-17)20-14-10-12(18)6-7-13(14)19/h6-7,10,15-16,20H,2-5,8-9,11H2,1H3. The maximum atomic E-state index is 6.33. The molecule has 116 valence electrons. The van der Waals surface area contributed by atoms with Gasteiger partial charge in [0.1, 0.15) is 0 Å². The Balaban J connectivity index is 1.77. The van der Waals surface area contributed by atoms with Gasteiger partial charge in [0.15, 0.2) is 0 Å². The molecule has 0 amide bonds. The Labute approximate surface area is 140 Å². The first kappa shape index (κ1) is 15.6. The molecule has 0 heterocycles. The molecule has 2 aliphatic carbocycles. The highest BCUT2D eigenvalue weighted by molar-refractivity contribution is 9.10. The summed E-state index contributed by atoms with van der Waals surface area (Å²) in [5.41, 5.74) is 1.36. The van der Waals surface area contributed by atoms with Gasteiger partial charge in [0.25, 0.3) is 0 Å². The number of hydrogen-bond donors (Lipinski definition) is 1. The van der Waals surface area contributed by atoms with Crippen LogP contribution in [0, 0.1) is 5.41 Å². The maximum Gasteiger partial charge on any atom is 0.0670 e. The first-order chi connectivity index (χ1) is 10.2. The Hall–Kier alpha value is -0.250. The van der Waals surface area contributed by atoms with E-state index >= 15 is 0 Å². The van der Waals surface area contributed by atoms with E-state index < -0.39 is 0 Å². The van der Waals surface area contributed by atoms with Crippen LogP contribution in [0.2, 0.25) is 5.02 Å². The van der Waals surface area contributed by atoms with E-state index in [4.69, 9.17) is 16.3 Å². The average Bonchev–Trinajstić information content (AvgIpc) is 2.50. The van der Waals surface area contributed by atoms with Crippen LogP contribution in [0.1, 0.15) is 45.4 Å². The van der Waals surface area contributed by atoms with E-state index in [1.165, 1.54) is 32.1 Å². The van der Waals surface area contributed by atoms with E-state index in [1.807, 2.05) is 12.1 Å². The molecule has 2 fully saturated rings. The second-order valence-corrected chi connectivity index (χ2v) is 7.62. The van der Waals surface area contributed by atoms with Gasteiger partial charge in [-0.25, -0.2) is 0 Å². The molecule has 2 atom stereocenters. The van der Waals surface area contributed by atoms with Crippen LogP contribution in [0.5, 0.6) is 0 Å². The average molecular weight is 373 g/mol. The van der Waals surface area contributed by atoms with E-state index in [9.17, 15) is 0 Å². The Bertz CT molecular complexity index is 502. The summed E-state index contributed by atoms with van der Waals surface area (Å²) in [5, 5.41) is 4.49. The van der Waals surface area contributed by atoms with Crippen molar-refractivity contribution in [3.8, 4) is 0 Å². The number of rotatable bonds is 4. The maximum absolute atomic E-state index is 6.33. The van der Waals surface area contributed by atoms with Gasteiger partial charge in [-0.05, 0) is 44.4 Å². The lowest BCUT2D eigenvalue weighted by molar-refractivity contribution is -0.134. The lowest BCUT2D eigenvalue weighted by atomic mass is 9.55. The van der Waals surface area contributed by atoms with Gasteiger partial charge in [-0.15, -0.1) is 0 Å². The molecule has 1 aromatic rings. The second kappa shape index (κ2) is 6.47. The third kappa shape index (κ3) is 2.97. The Morgan fingerprint density at radius 2 is 2.10 bits per heavy atom. The van der Waals surface area contributed by atoms with Crippen LogP contribution >= 0.6 is 27.5 Å². The highest BCUT2D eigenvalue weighted by atomic mass is 79.9. The predicted octanol–water partition coefficient (Wildman–Crippen LogP) is 5.64. The number of halogens is 2. The molecule has 2 saturated carbocycles. The van der Waals surface area contributed by atoms with Crippen molar-refractivity contribution in [2.24, 2.45) is 5.41 Å². The smallest absolute Gasteiger partial charge is 0.0670 e. The first-order valence-electron chi connectivity index (χ1n) is 7.99. The fraction of sp³-hybridized carbons (Fsp3) is 0.647. The number of benzene rings is 1. The van der Waals surface area contributed by atoms with Gasteiger partial charge in [-0.2, -0.15) is 0 Å². The minimum Gasteiger partial charge on any atom is -0.380 e. The fourth-order valence-corrected chi connectivity index (χ4v) is 4.59. The summed E-state index contributed by atoms with van der Waals surface area (Å²) in [7, 11) is 0. The molecule has 2 unspecified atom stereocenters. The quantitative estimate of drug-likeness (QED) is 0.738. The molecule has 1 N–H and O–H groups in total. The molecule has 0 radical (unpaired) electrons. The molecule has 2 nitrogen and oxygen atoms in total. The van der Waals surface area contributed by atoms with Crippen LogP contribution in [0.4, 0.5) is 5.69 Å². The third-order valence-electron chi connectivity index (χ3n) is 5.20. The van der Waals surface area contributed by atoms with Gasteiger partial charge in [-0.1, -0.05) is 46.8 Å². The highest BCUT2D eigenvalue weighted by Gasteiger charge is 2.55. The number of nitrogens with one attached hydrogen (secondary N) is 1. The zero-order valence-corrected chi connectivity index (χ0v) is 14.8. The van der Waals surface area contributed by atoms with Crippen molar-refractivity contribution in [2.45, 2.75) is 57.6 Å². The van der Waals surface area contributed by atoms with Crippen molar-refractivity contribution in [2.75, 3.05) is 11.9 Å². The summed E-state index contributed by atoms with van der Waals surface area (Å²) < 4.78 is 7.07. The SMILES string of the molecule is CCOC1CC(Nc2cc(Br)ccc2Cl)C12CCCCC2. The number of ether oxygens (including phenoxy) is 1. The molecular formula is C17H23BrClNO. The molecule has 0 aromatic heterocycles. The molecule has 1 aromatic carbocycles. The third-order valence-corrected chi connectivity index (χ3v) is 6.02. The number of hydrogen-bond acceptors (Lipinski definition) is 2. The van der Waals surface area contributed by atoms with Crippen molar-refractivity contribution in [1.29, 1.82) is 0 Å². The van der Waals surface area contributed by atoms with Crippen molar-refractivity contribution in [3.05, 3.63) is 27.7 Å². The summed E-state index contributed by atoms with van der Waals surface area (Å²) in [6.07, 6.45) is 8.09. The van der Waals surface area contributed by atoms with E-state index in [0.29, 0.717) is 17.6 Å². The van der Waals surface area contributed by atoms with E-state index in [2.05, 4.69) is 34.2 Å². The Morgan fingerprint density at radius 1 is 1.33 bits per heavy atom. The van der Waals surface area contributed by atoms with Crippen molar-refractivity contribution < 1.29 is 4.74 Å². The van der Waals surface area contributed by atoms with Gasteiger partial charge < -0.3 is 10.1 Å². The fourth-order valence-electron chi connectivity index (χ4n) is 4.06. The summed E-state index contributed by atoms with van der Waals surface area (Å²) in [5.74, 6) is 0. The molecule has 0 aliphatic heterocycles. The lowest BCUT2D eigenvalue weighted by Gasteiger charge is -2.58. The monoisotopic (exact) mass is 371 g/mol. The molecule has 3 rings (SSSR count). The summed E-state index contributed by atoms with van der Waals surface area (Å²) in [4.78, 5) is 0. The van der Waals surface area contributed by atoms with Crippen molar-refractivity contribution in [3.63, 3.8) is 0 Å². The zero-order chi connectivity index (χ0) is 14.9. The van der Waals surface area contributed by atoms with Crippen LogP contribution in [0.15, 0.2) is 22.7 Å². The molecule has 1 spiro atoms. The summed E-state index contributed by atoms with van der Waals surface area (Å²) >= 11 is 9.86. The van der Waals surface area contributed by atoms with Crippen molar-refractivity contribution in [1.82, 2.24) is 0 Å². The van der Waals surface area contributed by atoms with Gasteiger partial charge in [0.2, 0.25) is 0 Å². The van der Waals surface area contributed by atoms with Gasteiger partial charge in [-0.3, -0.25) is 0 Å². The van der Waals surface area contributed by atoms with Crippen molar-refractivity contribution >= 4 is 33.2 Å². The summed E-state index contributed by atoms with van der Waals surface area (Å²) in [6.45, 7) is 2.92. The van der Waals surface area contributed by atoms with Gasteiger partial charge in [0.05, 0.1) is 16.8 Å². The lowest BCUT2D eigenvalue weighted by Crippen LogP contribution is -2.62. The van der Waals surface area contributed by atoms with Crippen LogP contribution in [-0.4, -0.2) is 18.8 Å². The largest absolute Gasteiger partial charge is 0.380 e. The minimum atomic E-state index is 0.319. The molecule has 21 heavy (non-hydrogen) atoms. The normalized spacial score (nSPS) is 27.4. The van der Waals surface area contributed by atoms with Crippen LogP contribution < -0.4 is 5.32 Å². The molecular weight excluding hydrogens is 350 g/mol. The Morgan fingerprint density at radius 3 is 2.81 bits per heavy atom.